The van der Waals surface area contributed by atoms with Crippen LogP contribution in [0.2, 0.25) is 0 Å². The van der Waals surface area contributed by atoms with Crippen LogP contribution in [-0.4, -0.2) is 23.0 Å². The van der Waals surface area contributed by atoms with Crippen LogP contribution >= 0.6 is 12.6 Å². The summed E-state index contributed by atoms with van der Waals surface area (Å²) < 4.78 is 4.61. The van der Waals surface area contributed by atoms with E-state index < -0.39 is 0 Å². The molecule has 0 fully saturated rings. The topological polar surface area (TPSA) is 55.0 Å². The number of hydrogen-bond acceptors (Lipinski definition) is 4. The second-order valence-corrected chi connectivity index (χ2v) is 3.27. The summed E-state index contributed by atoms with van der Waals surface area (Å²) in [6.07, 6.45) is 1.56. The highest BCUT2D eigenvalue weighted by Crippen LogP contribution is 2.21. The van der Waals surface area contributed by atoms with Gasteiger partial charge in [-0.25, -0.2) is 9.78 Å². The number of rotatable bonds is 1. The second kappa shape index (κ2) is 3.34. The minimum atomic E-state index is -0.378. The fourth-order valence-corrected chi connectivity index (χ4v) is 1.58. The first-order valence-electron chi connectivity index (χ1n) is 3.97. The van der Waals surface area contributed by atoms with Crippen LogP contribution in [0.25, 0.3) is 11.0 Å². The maximum atomic E-state index is 11.2. The number of H-pyrrole nitrogens is 1. The molecule has 2 aromatic rings. The minimum Gasteiger partial charge on any atom is -0.465 e. The predicted octanol–water partition coefficient (Wildman–Crippen LogP) is 1.64. The van der Waals surface area contributed by atoms with Gasteiger partial charge in [0.1, 0.15) is 5.52 Å². The molecule has 5 heteroatoms. The van der Waals surface area contributed by atoms with Gasteiger partial charge in [0.25, 0.3) is 0 Å². The van der Waals surface area contributed by atoms with Crippen LogP contribution in [0.5, 0.6) is 0 Å². The van der Waals surface area contributed by atoms with E-state index in [1.807, 2.05) is 0 Å². The van der Waals surface area contributed by atoms with Crippen molar-refractivity contribution in [1.82, 2.24) is 9.97 Å². The smallest absolute Gasteiger partial charge is 0.337 e. The fourth-order valence-electron chi connectivity index (χ4n) is 1.27. The number of nitrogens with one attached hydrogen (secondary N) is 1. The molecule has 1 heterocycles. The molecule has 0 aliphatic carbocycles. The molecule has 0 amide bonds. The third-order valence-corrected chi connectivity index (χ3v) is 2.27. The van der Waals surface area contributed by atoms with Gasteiger partial charge in [-0.1, -0.05) is 0 Å². The van der Waals surface area contributed by atoms with E-state index in [1.54, 1.807) is 18.5 Å². The number of ether oxygens (including phenoxy) is 1. The number of nitrogens with zero attached hydrogens (tertiary/aromatic N) is 1. The van der Waals surface area contributed by atoms with Gasteiger partial charge in [0.05, 0.1) is 24.5 Å². The van der Waals surface area contributed by atoms with E-state index in [9.17, 15) is 4.79 Å². The molecule has 14 heavy (non-hydrogen) atoms. The Morgan fingerprint density at radius 2 is 2.36 bits per heavy atom. The van der Waals surface area contributed by atoms with Crippen LogP contribution in [0.15, 0.2) is 23.4 Å². The van der Waals surface area contributed by atoms with Crippen LogP contribution in [0.4, 0.5) is 0 Å². The lowest BCUT2D eigenvalue weighted by atomic mass is 10.2. The molecule has 0 atom stereocenters. The molecule has 0 bridgehead atoms. The van der Waals surface area contributed by atoms with E-state index in [2.05, 4.69) is 27.3 Å². The molecule has 0 spiro atoms. The summed E-state index contributed by atoms with van der Waals surface area (Å²) in [5.41, 5.74) is 1.99. The van der Waals surface area contributed by atoms with Crippen molar-refractivity contribution in [2.24, 2.45) is 0 Å². The number of hydrogen-bond donors (Lipinski definition) is 2. The van der Waals surface area contributed by atoms with Gasteiger partial charge < -0.3 is 9.72 Å². The van der Waals surface area contributed by atoms with Gasteiger partial charge in [-0.05, 0) is 12.1 Å². The van der Waals surface area contributed by atoms with Gasteiger partial charge >= 0.3 is 5.97 Å². The molecule has 4 nitrogen and oxygen atoms in total. The molecular weight excluding hydrogens is 200 g/mol. The number of aromatic amines is 1. The Hall–Kier alpha value is -1.49. The Labute approximate surface area is 85.7 Å². The summed E-state index contributed by atoms with van der Waals surface area (Å²) >= 11 is 4.23. The van der Waals surface area contributed by atoms with Crippen molar-refractivity contribution in [1.29, 1.82) is 0 Å². The van der Waals surface area contributed by atoms with Crippen LogP contribution in [-0.2, 0) is 4.74 Å². The molecule has 0 aliphatic heterocycles. The number of aromatic nitrogens is 2. The molecule has 0 saturated carbocycles. The quantitative estimate of drug-likeness (QED) is 0.553. The third-order valence-electron chi connectivity index (χ3n) is 1.92. The maximum absolute atomic E-state index is 11.2. The molecule has 0 saturated heterocycles. The first-order chi connectivity index (χ1) is 6.72. The SMILES string of the molecule is COC(=O)c1cc(S)c2nc[nH]c2c1. The van der Waals surface area contributed by atoms with Crippen LogP contribution < -0.4 is 0 Å². The highest BCUT2D eigenvalue weighted by atomic mass is 32.1. The number of thiol groups is 1. The number of carbonyl (C=O) groups is 1. The number of fused-ring (bicyclic) bond motifs is 1. The van der Waals surface area contributed by atoms with Crippen molar-refractivity contribution in [3.63, 3.8) is 0 Å². The van der Waals surface area contributed by atoms with E-state index >= 15 is 0 Å². The third kappa shape index (κ3) is 1.35. The largest absolute Gasteiger partial charge is 0.465 e. The van der Waals surface area contributed by atoms with Crippen LogP contribution in [0.1, 0.15) is 10.4 Å². The first kappa shape index (κ1) is 9.08. The van der Waals surface area contributed by atoms with Crippen molar-refractivity contribution in [2.45, 2.75) is 4.90 Å². The number of carbonyl (C=O) groups excluding carboxylic acids is 1. The number of esters is 1. The van der Waals surface area contributed by atoms with Gasteiger partial charge in [0, 0.05) is 4.90 Å². The summed E-state index contributed by atoms with van der Waals surface area (Å²) in [6.45, 7) is 0. The highest BCUT2D eigenvalue weighted by molar-refractivity contribution is 7.80. The van der Waals surface area contributed by atoms with Gasteiger partial charge in [0.2, 0.25) is 0 Å². The predicted molar refractivity (Wildman–Crippen MR) is 54.7 cm³/mol. The summed E-state index contributed by atoms with van der Waals surface area (Å²) in [6, 6.07) is 3.33. The van der Waals surface area contributed by atoms with Crippen molar-refractivity contribution in [3.05, 3.63) is 24.0 Å². The van der Waals surface area contributed by atoms with Gasteiger partial charge in [-0.3, -0.25) is 0 Å². The average Bonchev–Trinajstić information content (AvgIpc) is 2.64. The summed E-state index contributed by atoms with van der Waals surface area (Å²) in [5.74, 6) is -0.378. The van der Waals surface area contributed by atoms with Gasteiger partial charge in [0.15, 0.2) is 0 Å². The van der Waals surface area contributed by atoms with Gasteiger partial charge in [-0.2, -0.15) is 0 Å². The molecule has 1 N–H and O–H groups in total. The number of benzene rings is 1. The van der Waals surface area contributed by atoms with E-state index in [4.69, 9.17) is 0 Å². The lowest BCUT2D eigenvalue weighted by molar-refractivity contribution is 0.0600. The fraction of sp³-hybridized carbons (Fsp3) is 0.111. The standard InChI is InChI=1S/C9H8N2O2S/c1-13-9(12)5-2-6-8(7(14)3-5)11-4-10-6/h2-4,14H,1H3,(H,10,11). The van der Waals surface area contributed by atoms with E-state index in [0.717, 1.165) is 11.0 Å². The Kier molecular flexibility index (Phi) is 2.17. The summed E-state index contributed by atoms with van der Waals surface area (Å²) in [4.78, 5) is 18.9. The Bertz CT molecular complexity index is 493. The molecular formula is C9H8N2O2S. The maximum Gasteiger partial charge on any atom is 0.337 e. The highest BCUT2D eigenvalue weighted by Gasteiger charge is 2.09. The van der Waals surface area contributed by atoms with Crippen molar-refractivity contribution in [3.8, 4) is 0 Å². The summed E-state index contributed by atoms with van der Waals surface area (Å²) in [5, 5.41) is 0. The molecule has 2 rings (SSSR count). The average molecular weight is 208 g/mol. The van der Waals surface area contributed by atoms with E-state index in [0.29, 0.717) is 10.5 Å². The lowest BCUT2D eigenvalue weighted by Gasteiger charge is -2.00. The zero-order chi connectivity index (χ0) is 10.1. The molecule has 72 valence electrons. The zero-order valence-electron chi connectivity index (χ0n) is 7.44. The molecule has 1 aromatic carbocycles. The molecule has 0 aliphatic rings. The van der Waals surface area contributed by atoms with Crippen LogP contribution in [0, 0.1) is 0 Å². The van der Waals surface area contributed by atoms with Gasteiger partial charge in [-0.15, -0.1) is 12.6 Å². The van der Waals surface area contributed by atoms with Crippen molar-refractivity contribution < 1.29 is 9.53 Å². The lowest BCUT2D eigenvalue weighted by Crippen LogP contribution is -2.00. The molecule has 0 unspecified atom stereocenters. The second-order valence-electron chi connectivity index (χ2n) is 2.79. The Balaban J connectivity index is 2.64. The number of imidazole rings is 1. The normalized spacial score (nSPS) is 10.4. The van der Waals surface area contributed by atoms with Crippen molar-refractivity contribution >= 4 is 29.6 Å². The minimum absolute atomic E-state index is 0.378. The summed E-state index contributed by atoms with van der Waals surface area (Å²) in [7, 11) is 1.34. The molecule has 0 radical (unpaired) electrons. The number of methoxy groups -OCH3 is 1. The molecule has 1 aromatic heterocycles. The monoisotopic (exact) mass is 208 g/mol. The first-order valence-corrected chi connectivity index (χ1v) is 4.41. The zero-order valence-corrected chi connectivity index (χ0v) is 8.34. The Morgan fingerprint density at radius 1 is 1.57 bits per heavy atom. The van der Waals surface area contributed by atoms with Crippen molar-refractivity contribution in [2.75, 3.05) is 7.11 Å². The van der Waals surface area contributed by atoms with Crippen LogP contribution in [0.3, 0.4) is 0 Å². The Morgan fingerprint density at radius 3 is 3.07 bits per heavy atom. The van der Waals surface area contributed by atoms with E-state index in [1.165, 1.54) is 7.11 Å². The van der Waals surface area contributed by atoms with E-state index in [-0.39, 0.29) is 5.97 Å².